The highest BCUT2D eigenvalue weighted by Crippen LogP contribution is 2.18. The monoisotopic (exact) mass is 368 g/mol. The molecule has 1 aliphatic rings. The van der Waals surface area contributed by atoms with Crippen molar-refractivity contribution in [2.75, 3.05) is 0 Å². The lowest BCUT2D eigenvalue weighted by molar-refractivity contribution is -0.126. The summed E-state index contributed by atoms with van der Waals surface area (Å²) in [4.78, 5) is 23.8. The molecule has 1 fully saturated rings. The van der Waals surface area contributed by atoms with Gasteiger partial charge in [0.05, 0.1) is 0 Å². The van der Waals surface area contributed by atoms with E-state index in [0.29, 0.717) is 5.75 Å². The molecule has 1 aromatic carbocycles. The fourth-order valence-electron chi connectivity index (χ4n) is 2.45. The summed E-state index contributed by atoms with van der Waals surface area (Å²) in [7, 11) is 0. The topological polar surface area (TPSA) is 67.4 Å². The average Bonchev–Trinajstić information content (AvgIpc) is 2.50. The second-order valence-corrected chi connectivity index (χ2v) is 6.43. The Labute approximate surface area is 138 Å². The maximum Gasteiger partial charge on any atom is 0.321 e. The van der Waals surface area contributed by atoms with E-state index in [0.717, 1.165) is 30.2 Å². The molecule has 0 saturated heterocycles. The van der Waals surface area contributed by atoms with Crippen molar-refractivity contribution in [3.8, 4) is 5.75 Å². The van der Waals surface area contributed by atoms with Gasteiger partial charge in [-0.3, -0.25) is 10.1 Å². The number of amides is 3. The van der Waals surface area contributed by atoms with Crippen molar-refractivity contribution in [2.45, 2.75) is 51.2 Å². The zero-order valence-corrected chi connectivity index (χ0v) is 14.2. The molecule has 22 heavy (non-hydrogen) atoms. The summed E-state index contributed by atoms with van der Waals surface area (Å²) in [6, 6.07) is 6.91. The number of rotatable bonds is 4. The first-order chi connectivity index (χ1) is 10.5. The van der Waals surface area contributed by atoms with Crippen LogP contribution in [-0.2, 0) is 4.79 Å². The summed E-state index contributed by atoms with van der Waals surface area (Å²) in [5, 5.41) is 5.18. The largest absolute Gasteiger partial charge is 0.481 e. The number of urea groups is 1. The van der Waals surface area contributed by atoms with Crippen molar-refractivity contribution < 1.29 is 14.3 Å². The summed E-state index contributed by atoms with van der Waals surface area (Å²) >= 11 is 3.33. The van der Waals surface area contributed by atoms with Crippen LogP contribution in [0.25, 0.3) is 0 Å². The minimum atomic E-state index is -0.738. The Bertz CT molecular complexity index is 513. The number of imide groups is 1. The predicted molar refractivity (Wildman–Crippen MR) is 87.8 cm³/mol. The third-order valence-electron chi connectivity index (χ3n) is 3.67. The Hall–Kier alpha value is -1.56. The van der Waals surface area contributed by atoms with Crippen molar-refractivity contribution in [1.82, 2.24) is 10.6 Å². The van der Waals surface area contributed by atoms with E-state index in [4.69, 9.17) is 4.74 Å². The molecule has 0 radical (unpaired) electrons. The zero-order chi connectivity index (χ0) is 15.9. The van der Waals surface area contributed by atoms with Crippen LogP contribution in [0.3, 0.4) is 0 Å². The van der Waals surface area contributed by atoms with Gasteiger partial charge in [-0.1, -0.05) is 35.2 Å². The van der Waals surface area contributed by atoms with Gasteiger partial charge in [0.1, 0.15) is 5.75 Å². The van der Waals surface area contributed by atoms with Crippen LogP contribution in [0.15, 0.2) is 28.7 Å². The SMILES string of the molecule is C[C@@H](Oc1ccc(Br)cc1)C(=O)NC(=O)NC1CCCCC1. The van der Waals surface area contributed by atoms with Gasteiger partial charge in [0.2, 0.25) is 0 Å². The van der Waals surface area contributed by atoms with Gasteiger partial charge in [-0.15, -0.1) is 0 Å². The van der Waals surface area contributed by atoms with E-state index in [2.05, 4.69) is 26.6 Å². The van der Waals surface area contributed by atoms with Crippen molar-refractivity contribution in [2.24, 2.45) is 0 Å². The number of carbonyl (C=O) groups excluding carboxylic acids is 2. The van der Waals surface area contributed by atoms with E-state index < -0.39 is 18.0 Å². The lowest BCUT2D eigenvalue weighted by Gasteiger charge is -2.23. The zero-order valence-electron chi connectivity index (χ0n) is 12.6. The molecule has 6 heteroatoms. The van der Waals surface area contributed by atoms with Gasteiger partial charge in [0.25, 0.3) is 5.91 Å². The van der Waals surface area contributed by atoms with Gasteiger partial charge in [0, 0.05) is 10.5 Å². The second-order valence-electron chi connectivity index (χ2n) is 5.51. The van der Waals surface area contributed by atoms with Crippen molar-refractivity contribution in [3.05, 3.63) is 28.7 Å². The smallest absolute Gasteiger partial charge is 0.321 e. The van der Waals surface area contributed by atoms with E-state index in [1.165, 1.54) is 6.42 Å². The predicted octanol–water partition coefficient (Wildman–Crippen LogP) is 3.37. The Balaban J connectivity index is 1.77. The third kappa shape index (κ3) is 5.33. The maximum atomic E-state index is 12.0. The highest BCUT2D eigenvalue weighted by atomic mass is 79.9. The highest BCUT2D eigenvalue weighted by Gasteiger charge is 2.20. The molecule has 120 valence electrons. The Morgan fingerprint density at radius 3 is 2.45 bits per heavy atom. The van der Waals surface area contributed by atoms with Gasteiger partial charge >= 0.3 is 6.03 Å². The number of carbonyl (C=O) groups is 2. The fraction of sp³-hybridized carbons (Fsp3) is 0.500. The van der Waals surface area contributed by atoms with E-state index in [1.807, 2.05) is 12.1 Å². The van der Waals surface area contributed by atoms with E-state index in [-0.39, 0.29) is 6.04 Å². The minimum absolute atomic E-state index is 0.171. The van der Waals surface area contributed by atoms with Gasteiger partial charge in [-0.05, 0) is 44.0 Å². The van der Waals surface area contributed by atoms with Crippen LogP contribution in [0.2, 0.25) is 0 Å². The molecular weight excluding hydrogens is 348 g/mol. The van der Waals surface area contributed by atoms with Gasteiger partial charge in [-0.2, -0.15) is 0 Å². The lowest BCUT2D eigenvalue weighted by atomic mass is 9.96. The molecule has 1 saturated carbocycles. The molecule has 3 amide bonds. The molecule has 0 bridgehead atoms. The molecular formula is C16H21BrN2O3. The van der Waals surface area contributed by atoms with Crippen LogP contribution in [0.4, 0.5) is 4.79 Å². The van der Waals surface area contributed by atoms with Gasteiger partial charge in [-0.25, -0.2) is 4.79 Å². The third-order valence-corrected chi connectivity index (χ3v) is 4.20. The Kier molecular flexibility index (Phi) is 6.24. The minimum Gasteiger partial charge on any atom is -0.481 e. The quantitative estimate of drug-likeness (QED) is 0.855. The van der Waals surface area contributed by atoms with Crippen LogP contribution in [0, 0.1) is 0 Å². The van der Waals surface area contributed by atoms with E-state index in [9.17, 15) is 9.59 Å². The first kappa shape index (κ1) is 16.8. The molecule has 0 spiro atoms. The van der Waals surface area contributed by atoms with Crippen molar-refractivity contribution in [3.63, 3.8) is 0 Å². The van der Waals surface area contributed by atoms with Crippen LogP contribution < -0.4 is 15.4 Å². The molecule has 1 aliphatic carbocycles. The van der Waals surface area contributed by atoms with Crippen LogP contribution >= 0.6 is 15.9 Å². The van der Waals surface area contributed by atoms with Crippen LogP contribution in [0.1, 0.15) is 39.0 Å². The first-order valence-electron chi connectivity index (χ1n) is 7.58. The molecule has 0 aliphatic heterocycles. The molecule has 2 N–H and O–H groups in total. The summed E-state index contributed by atoms with van der Waals surface area (Å²) in [6.45, 7) is 1.62. The number of hydrogen-bond acceptors (Lipinski definition) is 3. The molecule has 0 heterocycles. The Morgan fingerprint density at radius 2 is 1.82 bits per heavy atom. The average molecular weight is 369 g/mol. The standard InChI is InChI=1S/C16H21BrN2O3/c1-11(22-14-9-7-12(17)8-10-14)15(20)19-16(21)18-13-5-3-2-4-6-13/h7-11,13H,2-6H2,1H3,(H2,18,19,20,21)/t11-/m1/s1. The molecule has 0 aromatic heterocycles. The second kappa shape index (κ2) is 8.17. The molecule has 1 atom stereocenters. The van der Waals surface area contributed by atoms with Crippen molar-refractivity contribution in [1.29, 1.82) is 0 Å². The first-order valence-corrected chi connectivity index (χ1v) is 8.37. The van der Waals surface area contributed by atoms with E-state index >= 15 is 0 Å². The summed E-state index contributed by atoms with van der Waals surface area (Å²) in [5.74, 6) is 0.134. The van der Waals surface area contributed by atoms with Gasteiger partial charge < -0.3 is 10.1 Å². The molecule has 2 rings (SSSR count). The number of benzene rings is 1. The van der Waals surface area contributed by atoms with Crippen LogP contribution in [0.5, 0.6) is 5.75 Å². The fourth-order valence-corrected chi connectivity index (χ4v) is 2.72. The summed E-state index contributed by atoms with van der Waals surface area (Å²) in [5.41, 5.74) is 0. The van der Waals surface area contributed by atoms with Crippen LogP contribution in [-0.4, -0.2) is 24.1 Å². The highest BCUT2D eigenvalue weighted by molar-refractivity contribution is 9.10. The van der Waals surface area contributed by atoms with Crippen molar-refractivity contribution >= 4 is 27.9 Å². The normalized spacial score (nSPS) is 16.6. The summed E-state index contributed by atoms with van der Waals surface area (Å²) < 4.78 is 6.44. The summed E-state index contributed by atoms with van der Waals surface area (Å²) in [6.07, 6.45) is 4.69. The lowest BCUT2D eigenvalue weighted by Crippen LogP contribution is -2.48. The number of halogens is 1. The maximum absolute atomic E-state index is 12.0. The molecule has 5 nitrogen and oxygen atoms in total. The Morgan fingerprint density at radius 1 is 1.18 bits per heavy atom. The number of nitrogens with one attached hydrogen (secondary N) is 2. The number of hydrogen-bond donors (Lipinski definition) is 2. The molecule has 1 aromatic rings. The molecule has 0 unspecified atom stereocenters. The number of ether oxygens (including phenoxy) is 1. The van der Waals surface area contributed by atoms with Gasteiger partial charge in [0.15, 0.2) is 6.10 Å². The van der Waals surface area contributed by atoms with E-state index in [1.54, 1.807) is 19.1 Å².